The minimum absolute atomic E-state index is 0.0533. The second kappa shape index (κ2) is 6.90. The van der Waals surface area contributed by atoms with Crippen molar-refractivity contribution >= 4 is 27.6 Å². The van der Waals surface area contributed by atoms with Crippen molar-refractivity contribution in [2.24, 2.45) is 5.92 Å². The first-order valence-corrected chi connectivity index (χ1v) is 9.88. The normalized spacial score (nSPS) is 22.3. The van der Waals surface area contributed by atoms with Gasteiger partial charge < -0.3 is 9.84 Å². The zero-order valence-electron chi connectivity index (χ0n) is 13.2. The van der Waals surface area contributed by atoms with Gasteiger partial charge in [-0.05, 0) is 49.8 Å². The number of halogens is 1. The van der Waals surface area contributed by atoms with Crippen molar-refractivity contribution < 1.29 is 23.1 Å². The number of carbonyl (C=O) groups is 1. The highest BCUT2D eigenvalue weighted by Crippen LogP contribution is 2.35. The van der Waals surface area contributed by atoms with Crippen molar-refractivity contribution in [3.05, 3.63) is 23.2 Å². The molecular weight excluding hydrogens is 354 g/mol. The Morgan fingerprint density at radius 1 is 1.29 bits per heavy atom. The number of hydrogen-bond acceptors (Lipinski definition) is 4. The van der Waals surface area contributed by atoms with Gasteiger partial charge in [-0.25, -0.2) is 8.42 Å². The standard InChI is InChI=1S/C16H20ClNO5S/c17-12-6-7-14(23-10-11-3-1-4-11)15(9-12)24(21,22)18-8-2-5-13(18)16(19)20/h6-7,9,11,13H,1-5,8,10H2,(H,19,20)/t13-/m0/s1. The molecule has 24 heavy (non-hydrogen) atoms. The molecule has 0 amide bonds. The van der Waals surface area contributed by atoms with Gasteiger partial charge in [-0.3, -0.25) is 4.79 Å². The Bertz CT molecular complexity index is 732. The first-order valence-electron chi connectivity index (χ1n) is 8.06. The molecule has 1 N–H and O–H groups in total. The Labute approximate surface area is 146 Å². The third-order valence-corrected chi connectivity index (χ3v) is 6.84. The molecule has 0 unspecified atom stereocenters. The number of sulfonamides is 1. The SMILES string of the molecule is O=C(O)[C@@H]1CCCN1S(=O)(=O)c1cc(Cl)ccc1OCC1CCC1. The van der Waals surface area contributed by atoms with Gasteiger partial charge in [-0.1, -0.05) is 18.0 Å². The second-order valence-corrected chi connectivity index (χ2v) is 8.61. The largest absolute Gasteiger partial charge is 0.492 e. The first-order chi connectivity index (χ1) is 11.4. The molecule has 3 rings (SSSR count). The summed E-state index contributed by atoms with van der Waals surface area (Å²) in [7, 11) is -3.98. The molecule has 1 aliphatic heterocycles. The van der Waals surface area contributed by atoms with E-state index in [0.29, 0.717) is 25.4 Å². The zero-order valence-corrected chi connectivity index (χ0v) is 14.7. The number of benzene rings is 1. The van der Waals surface area contributed by atoms with Crippen molar-refractivity contribution in [2.75, 3.05) is 13.2 Å². The second-order valence-electron chi connectivity index (χ2n) is 6.31. The van der Waals surface area contributed by atoms with E-state index >= 15 is 0 Å². The quantitative estimate of drug-likeness (QED) is 0.828. The van der Waals surface area contributed by atoms with Crippen LogP contribution in [0.1, 0.15) is 32.1 Å². The van der Waals surface area contributed by atoms with E-state index in [1.807, 2.05) is 0 Å². The molecule has 0 radical (unpaired) electrons. The van der Waals surface area contributed by atoms with E-state index in [9.17, 15) is 18.3 Å². The summed E-state index contributed by atoms with van der Waals surface area (Å²) in [6.45, 7) is 0.653. The zero-order chi connectivity index (χ0) is 17.3. The van der Waals surface area contributed by atoms with Crippen molar-refractivity contribution in [3.8, 4) is 5.75 Å². The monoisotopic (exact) mass is 373 g/mol. The number of nitrogens with zero attached hydrogens (tertiary/aromatic N) is 1. The fourth-order valence-corrected chi connectivity index (χ4v) is 5.12. The van der Waals surface area contributed by atoms with Gasteiger partial charge in [0.05, 0.1) is 6.61 Å². The summed E-state index contributed by atoms with van der Waals surface area (Å²) in [5.41, 5.74) is 0. The van der Waals surface area contributed by atoms with E-state index < -0.39 is 22.0 Å². The molecule has 132 valence electrons. The summed E-state index contributed by atoms with van der Waals surface area (Å²) >= 11 is 5.97. The first kappa shape index (κ1) is 17.5. The number of ether oxygens (including phenoxy) is 1. The van der Waals surface area contributed by atoms with E-state index in [4.69, 9.17) is 16.3 Å². The molecule has 1 saturated carbocycles. The Hall–Kier alpha value is -1.31. The maximum absolute atomic E-state index is 13.0. The summed E-state index contributed by atoms with van der Waals surface area (Å²) < 4.78 is 32.7. The van der Waals surface area contributed by atoms with Gasteiger partial charge in [0.1, 0.15) is 16.7 Å². The molecule has 1 aromatic rings. The minimum atomic E-state index is -3.98. The average molecular weight is 374 g/mol. The van der Waals surface area contributed by atoms with Crippen LogP contribution in [0.25, 0.3) is 0 Å². The van der Waals surface area contributed by atoms with Crippen LogP contribution in [0.15, 0.2) is 23.1 Å². The number of rotatable bonds is 6. The molecule has 1 aromatic carbocycles. The molecular formula is C16H20ClNO5S. The van der Waals surface area contributed by atoms with Crippen molar-refractivity contribution in [1.82, 2.24) is 4.31 Å². The molecule has 8 heteroatoms. The minimum Gasteiger partial charge on any atom is -0.492 e. The highest BCUT2D eigenvalue weighted by Gasteiger charge is 2.40. The molecule has 0 bridgehead atoms. The number of carboxylic acid groups (broad SMARTS) is 1. The van der Waals surface area contributed by atoms with Gasteiger partial charge in [-0.15, -0.1) is 0 Å². The van der Waals surface area contributed by atoms with E-state index in [-0.39, 0.29) is 22.2 Å². The number of hydrogen-bond donors (Lipinski definition) is 1. The summed E-state index contributed by atoms with van der Waals surface area (Å²) in [4.78, 5) is 11.3. The molecule has 0 spiro atoms. The Balaban J connectivity index is 1.90. The maximum atomic E-state index is 13.0. The van der Waals surface area contributed by atoms with Gasteiger partial charge >= 0.3 is 5.97 Å². The van der Waals surface area contributed by atoms with Crippen molar-refractivity contribution in [1.29, 1.82) is 0 Å². The van der Waals surface area contributed by atoms with Gasteiger partial charge in [0.2, 0.25) is 10.0 Å². The Morgan fingerprint density at radius 2 is 2.04 bits per heavy atom. The van der Waals surface area contributed by atoms with E-state index in [0.717, 1.165) is 17.1 Å². The molecule has 6 nitrogen and oxygen atoms in total. The molecule has 2 aliphatic rings. The Kier molecular flexibility index (Phi) is 5.03. The lowest BCUT2D eigenvalue weighted by atomic mass is 9.86. The molecule has 1 atom stereocenters. The van der Waals surface area contributed by atoms with Gasteiger partial charge in [0, 0.05) is 11.6 Å². The summed E-state index contributed by atoms with van der Waals surface area (Å²) in [6.07, 6.45) is 4.18. The lowest BCUT2D eigenvalue weighted by Crippen LogP contribution is -2.40. The maximum Gasteiger partial charge on any atom is 0.322 e. The van der Waals surface area contributed by atoms with Crippen molar-refractivity contribution in [3.63, 3.8) is 0 Å². The summed E-state index contributed by atoms with van der Waals surface area (Å²) in [5, 5.41) is 9.54. The van der Waals surface area contributed by atoms with E-state index in [2.05, 4.69) is 0 Å². The highest BCUT2D eigenvalue weighted by molar-refractivity contribution is 7.89. The van der Waals surface area contributed by atoms with Gasteiger partial charge in [0.15, 0.2) is 0 Å². The van der Waals surface area contributed by atoms with E-state index in [1.54, 1.807) is 12.1 Å². The predicted octanol–water partition coefficient (Wildman–Crippen LogP) is 2.76. The van der Waals surface area contributed by atoms with Crippen LogP contribution in [0.4, 0.5) is 0 Å². The lowest BCUT2D eigenvalue weighted by molar-refractivity contribution is -0.140. The van der Waals surface area contributed by atoms with Crippen LogP contribution in [0.3, 0.4) is 0 Å². The number of aliphatic carboxylic acids is 1. The highest BCUT2D eigenvalue weighted by atomic mass is 35.5. The van der Waals surface area contributed by atoms with E-state index in [1.165, 1.54) is 12.5 Å². The van der Waals surface area contributed by atoms with Crippen LogP contribution in [0.2, 0.25) is 5.02 Å². The average Bonchev–Trinajstić information content (AvgIpc) is 2.97. The molecule has 0 aromatic heterocycles. The molecule has 2 fully saturated rings. The molecule has 1 heterocycles. The Morgan fingerprint density at radius 3 is 2.67 bits per heavy atom. The van der Waals surface area contributed by atoms with Crippen LogP contribution >= 0.6 is 11.6 Å². The van der Waals surface area contributed by atoms with Gasteiger partial charge in [0.25, 0.3) is 0 Å². The van der Waals surface area contributed by atoms with Crippen molar-refractivity contribution in [2.45, 2.75) is 43.0 Å². The third kappa shape index (κ3) is 3.38. The van der Waals surface area contributed by atoms with Crippen LogP contribution in [0.5, 0.6) is 5.75 Å². The fourth-order valence-electron chi connectivity index (χ4n) is 3.07. The third-order valence-electron chi connectivity index (χ3n) is 4.68. The topological polar surface area (TPSA) is 83.9 Å². The fraction of sp³-hybridized carbons (Fsp3) is 0.562. The van der Waals surface area contributed by atoms with Gasteiger partial charge in [-0.2, -0.15) is 4.31 Å². The lowest BCUT2D eigenvalue weighted by Gasteiger charge is -2.26. The van der Waals surface area contributed by atoms with Crippen LogP contribution < -0.4 is 4.74 Å². The van der Waals surface area contributed by atoms with Crippen LogP contribution in [-0.2, 0) is 14.8 Å². The summed E-state index contributed by atoms with van der Waals surface area (Å²) in [5.74, 6) is -0.438. The smallest absolute Gasteiger partial charge is 0.322 e. The van der Waals surface area contributed by atoms with Crippen LogP contribution in [0, 0.1) is 5.92 Å². The summed E-state index contributed by atoms with van der Waals surface area (Å²) in [6, 6.07) is 3.42. The molecule has 1 aliphatic carbocycles. The molecule has 1 saturated heterocycles. The van der Waals surface area contributed by atoms with Crippen LogP contribution in [-0.4, -0.2) is 43.0 Å². The number of carboxylic acids is 1. The predicted molar refractivity (Wildman–Crippen MR) is 88.8 cm³/mol.